The molecular weight excluding hydrogens is 650 g/mol. The predicted molar refractivity (Wildman–Crippen MR) is 186 cm³/mol. The number of hydrogen-bond donors (Lipinski definition) is 9. The lowest BCUT2D eigenvalue weighted by Crippen LogP contribution is -2.59. The molecule has 10 N–H and O–H groups in total. The van der Waals surface area contributed by atoms with Gasteiger partial charge in [0.25, 0.3) is 0 Å². The lowest BCUT2D eigenvalue weighted by atomic mass is 9.96. The van der Waals surface area contributed by atoms with Gasteiger partial charge in [-0.1, -0.05) is 60.3 Å². The number of amides is 5. The molecule has 16 nitrogen and oxygen atoms in total. The predicted octanol–water partition coefficient (Wildman–Crippen LogP) is 0.378. The second-order valence-corrected chi connectivity index (χ2v) is 14.0. The highest BCUT2D eigenvalue weighted by molar-refractivity contribution is 5.93. The molecule has 0 unspecified atom stereocenters. The molecule has 0 aromatic rings. The molecular formula is C34H61N7O9. The Labute approximate surface area is 295 Å². The van der Waals surface area contributed by atoms with Gasteiger partial charge in [-0.2, -0.15) is 0 Å². The van der Waals surface area contributed by atoms with Crippen LogP contribution in [0.15, 0.2) is 0 Å². The van der Waals surface area contributed by atoms with E-state index in [1.54, 1.807) is 13.8 Å². The SMILES string of the molecule is CCC[C@H](NC(=O)[C@@H](NC(=O)[C@@H](N)CCC(=O)O)[C@@H](C)CC)C(=O)N[C@H](CN[C@@H](C)C(=O)N[C@@H](CC1CC1)C(=O)N[C@@H](C)C(=O)O)CC(C)C. The Kier molecular flexibility index (Phi) is 19.6. The Balaban J connectivity index is 2.94. The summed E-state index contributed by atoms with van der Waals surface area (Å²) in [7, 11) is 0. The van der Waals surface area contributed by atoms with Crippen molar-refractivity contribution in [3.8, 4) is 0 Å². The molecule has 50 heavy (non-hydrogen) atoms. The molecule has 1 fully saturated rings. The minimum atomic E-state index is -1.18. The van der Waals surface area contributed by atoms with Crippen molar-refractivity contribution in [2.24, 2.45) is 23.5 Å². The normalized spacial score (nSPS) is 17.5. The molecule has 0 aromatic heterocycles. The molecule has 5 amide bonds. The fourth-order valence-electron chi connectivity index (χ4n) is 5.26. The summed E-state index contributed by atoms with van der Waals surface area (Å²) in [5.41, 5.74) is 5.86. The third-order valence-corrected chi connectivity index (χ3v) is 8.80. The van der Waals surface area contributed by atoms with Gasteiger partial charge in [0.05, 0.1) is 12.1 Å². The van der Waals surface area contributed by atoms with Gasteiger partial charge in [-0.05, 0) is 57.3 Å². The Morgan fingerprint density at radius 2 is 1.32 bits per heavy atom. The van der Waals surface area contributed by atoms with Crippen LogP contribution in [0.1, 0.15) is 106 Å². The zero-order valence-electron chi connectivity index (χ0n) is 30.7. The third-order valence-electron chi connectivity index (χ3n) is 8.80. The number of nitrogens with one attached hydrogen (secondary N) is 6. The molecule has 0 heterocycles. The van der Waals surface area contributed by atoms with E-state index in [1.807, 2.05) is 27.7 Å². The van der Waals surface area contributed by atoms with Gasteiger partial charge in [-0.25, -0.2) is 0 Å². The van der Waals surface area contributed by atoms with Crippen molar-refractivity contribution < 1.29 is 43.8 Å². The highest BCUT2D eigenvalue weighted by atomic mass is 16.4. The topological polar surface area (TPSA) is 258 Å². The van der Waals surface area contributed by atoms with Crippen LogP contribution in [0.4, 0.5) is 0 Å². The van der Waals surface area contributed by atoms with Crippen LogP contribution in [-0.4, -0.2) is 101 Å². The molecule has 0 spiro atoms. The lowest BCUT2D eigenvalue weighted by Gasteiger charge is -2.29. The number of nitrogens with two attached hydrogens (primary N) is 1. The maximum atomic E-state index is 13.6. The van der Waals surface area contributed by atoms with Crippen LogP contribution in [0.3, 0.4) is 0 Å². The minimum Gasteiger partial charge on any atom is -0.481 e. The van der Waals surface area contributed by atoms with Crippen molar-refractivity contribution in [3.63, 3.8) is 0 Å². The van der Waals surface area contributed by atoms with E-state index in [1.165, 1.54) is 6.92 Å². The Hall–Kier alpha value is -3.79. The standard InChI is InChI=1S/C34H61N7O9/c1-8-10-25(39-33(48)28(19(5)9-2)41-30(45)24(35)13-14-27(42)43)31(46)38-23(15-18(3)4)17-36-20(6)29(44)40-26(16-22-11-12-22)32(47)37-21(7)34(49)50/h18-26,28,36H,8-17,35H2,1-7H3,(H,37,47)(H,38,46)(H,39,48)(H,40,44)(H,41,45)(H,42,43)(H,49,50)/t19-,20-,21-,23-,24-,25-,26-,28-/m0/s1. The molecule has 1 saturated carbocycles. The fourth-order valence-corrected chi connectivity index (χ4v) is 5.26. The largest absolute Gasteiger partial charge is 0.481 e. The molecule has 8 atom stereocenters. The van der Waals surface area contributed by atoms with Crippen LogP contribution in [0.5, 0.6) is 0 Å². The number of carboxylic acids is 2. The quantitative estimate of drug-likeness (QED) is 0.0625. The number of carbonyl (C=O) groups excluding carboxylic acids is 5. The smallest absolute Gasteiger partial charge is 0.325 e. The minimum absolute atomic E-state index is 0.0924. The molecule has 0 aliphatic heterocycles. The van der Waals surface area contributed by atoms with E-state index in [9.17, 15) is 38.7 Å². The van der Waals surface area contributed by atoms with Gasteiger partial charge in [0.15, 0.2) is 0 Å². The van der Waals surface area contributed by atoms with Crippen LogP contribution < -0.4 is 37.6 Å². The summed E-state index contributed by atoms with van der Waals surface area (Å²) in [6.45, 7) is 12.7. The van der Waals surface area contributed by atoms with Gasteiger partial charge in [-0.3, -0.25) is 33.6 Å². The van der Waals surface area contributed by atoms with Gasteiger partial charge < -0.3 is 47.8 Å². The zero-order chi connectivity index (χ0) is 38.1. The van der Waals surface area contributed by atoms with Crippen LogP contribution in [0, 0.1) is 17.8 Å². The molecule has 0 saturated heterocycles. The molecule has 0 aromatic carbocycles. The zero-order valence-corrected chi connectivity index (χ0v) is 30.7. The van der Waals surface area contributed by atoms with Gasteiger partial charge in [0.2, 0.25) is 29.5 Å². The van der Waals surface area contributed by atoms with Crippen molar-refractivity contribution >= 4 is 41.5 Å². The van der Waals surface area contributed by atoms with Crippen LogP contribution in [0.2, 0.25) is 0 Å². The van der Waals surface area contributed by atoms with Crippen molar-refractivity contribution in [1.29, 1.82) is 0 Å². The molecule has 286 valence electrons. The molecule has 1 rings (SSSR count). The van der Waals surface area contributed by atoms with Crippen molar-refractivity contribution in [2.45, 2.75) is 149 Å². The maximum absolute atomic E-state index is 13.6. The highest BCUT2D eigenvalue weighted by Crippen LogP contribution is 2.33. The average Bonchev–Trinajstić information content (AvgIpc) is 3.87. The third kappa shape index (κ3) is 16.7. The summed E-state index contributed by atoms with van der Waals surface area (Å²) in [6, 6.07) is -6.19. The first-order valence-electron chi connectivity index (χ1n) is 17.8. The van der Waals surface area contributed by atoms with Gasteiger partial charge in [-0.15, -0.1) is 0 Å². The lowest BCUT2D eigenvalue weighted by molar-refractivity contribution is -0.141. The van der Waals surface area contributed by atoms with Crippen molar-refractivity contribution in [2.75, 3.05) is 6.54 Å². The molecule has 16 heteroatoms. The van der Waals surface area contributed by atoms with E-state index < -0.39 is 83.8 Å². The number of hydrogen-bond acceptors (Lipinski definition) is 9. The molecule has 1 aliphatic rings. The van der Waals surface area contributed by atoms with E-state index in [0.29, 0.717) is 32.1 Å². The number of carbonyl (C=O) groups is 7. The van der Waals surface area contributed by atoms with Crippen molar-refractivity contribution in [3.05, 3.63) is 0 Å². The van der Waals surface area contributed by atoms with E-state index in [2.05, 4.69) is 31.9 Å². The summed E-state index contributed by atoms with van der Waals surface area (Å²) >= 11 is 0. The van der Waals surface area contributed by atoms with Gasteiger partial charge >= 0.3 is 11.9 Å². The van der Waals surface area contributed by atoms with Crippen LogP contribution in [-0.2, 0) is 33.6 Å². The first-order valence-corrected chi connectivity index (χ1v) is 17.8. The van der Waals surface area contributed by atoms with Crippen LogP contribution >= 0.6 is 0 Å². The first kappa shape index (κ1) is 44.2. The monoisotopic (exact) mass is 711 g/mol. The Bertz CT molecular complexity index is 1160. The number of rotatable bonds is 25. The van der Waals surface area contributed by atoms with E-state index in [0.717, 1.165) is 12.8 Å². The maximum Gasteiger partial charge on any atom is 0.325 e. The Morgan fingerprint density at radius 1 is 0.720 bits per heavy atom. The Morgan fingerprint density at radius 3 is 1.84 bits per heavy atom. The molecule has 0 bridgehead atoms. The molecule has 0 radical (unpaired) electrons. The summed E-state index contributed by atoms with van der Waals surface area (Å²) in [6.07, 6.45) is 3.88. The first-order chi connectivity index (χ1) is 23.4. The summed E-state index contributed by atoms with van der Waals surface area (Å²) < 4.78 is 0. The summed E-state index contributed by atoms with van der Waals surface area (Å²) in [5, 5.41) is 34.8. The number of aliphatic carboxylic acids is 2. The summed E-state index contributed by atoms with van der Waals surface area (Å²) in [4.78, 5) is 87.7. The van der Waals surface area contributed by atoms with E-state index in [4.69, 9.17) is 10.8 Å². The average molecular weight is 712 g/mol. The second-order valence-electron chi connectivity index (χ2n) is 14.0. The van der Waals surface area contributed by atoms with E-state index >= 15 is 0 Å². The highest BCUT2D eigenvalue weighted by Gasteiger charge is 2.34. The summed E-state index contributed by atoms with van der Waals surface area (Å²) in [5.74, 6) is -4.76. The van der Waals surface area contributed by atoms with Gasteiger partial charge in [0, 0.05) is 19.0 Å². The fraction of sp³-hybridized carbons (Fsp3) is 0.794. The van der Waals surface area contributed by atoms with Crippen molar-refractivity contribution in [1.82, 2.24) is 31.9 Å². The number of carboxylic acid groups (broad SMARTS) is 2. The van der Waals surface area contributed by atoms with Gasteiger partial charge in [0.1, 0.15) is 24.2 Å². The van der Waals surface area contributed by atoms with E-state index in [-0.39, 0.29) is 37.1 Å². The molecule has 1 aliphatic carbocycles. The van der Waals surface area contributed by atoms with Crippen LogP contribution in [0.25, 0.3) is 0 Å². The second kappa shape index (κ2) is 22.1.